The van der Waals surface area contributed by atoms with Gasteiger partial charge >= 0.3 is 18.1 Å². The summed E-state index contributed by atoms with van der Waals surface area (Å²) in [7, 11) is -7.14. The van der Waals surface area contributed by atoms with Crippen LogP contribution < -0.4 is 15.4 Å². The Morgan fingerprint density at radius 2 is 1.81 bits per heavy atom. The maximum atomic E-state index is 12.5. The molecule has 15 heteroatoms. The van der Waals surface area contributed by atoms with Gasteiger partial charge < -0.3 is 15.4 Å². The van der Waals surface area contributed by atoms with Crippen LogP contribution >= 0.6 is 0 Å². The monoisotopic (exact) mass is 468 g/mol. The van der Waals surface area contributed by atoms with Crippen LogP contribution in [-0.4, -0.2) is 74.9 Å². The molecule has 31 heavy (non-hydrogen) atoms. The minimum absolute atomic E-state index is 0.0407. The summed E-state index contributed by atoms with van der Waals surface area (Å²) in [5, 5.41) is 16.7. The van der Waals surface area contributed by atoms with E-state index in [2.05, 4.69) is 35.8 Å². The fourth-order valence-electron chi connectivity index (χ4n) is 2.68. The lowest BCUT2D eigenvalue weighted by Crippen LogP contribution is -2.40. The van der Waals surface area contributed by atoms with Gasteiger partial charge in [0.1, 0.15) is 16.9 Å². The molecular weight excluding hydrogens is 448 g/mol. The van der Waals surface area contributed by atoms with Crippen molar-refractivity contribution < 1.29 is 21.6 Å². The molecule has 4 rings (SSSR count). The maximum Gasteiger partial charge on any atom is 0.353 e. The third kappa shape index (κ3) is 4.25. The van der Waals surface area contributed by atoms with Crippen LogP contribution in [0.4, 0.5) is 23.0 Å². The lowest BCUT2D eigenvalue weighted by molar-refractivity contribution is 0.0209. The lowest BCUT2D eigenvalue weighted by Gasteiger charge is -2.27. The summed E-state index contributed by atoms with van der Waals surface area (Å²) in [6.45, 7) is 1.06. The van der Waals surface area contributed by atoms with Crippen molar-refractivity contribution in [1.29, 1.82) is 0 Å². The zero-order chi connectivity index (χ0) is 22.2. The lowest BCUT2D eigenvalue weighted by atomic mass is 10.2. The van der Waals surface area contributed by atoms with Crippen molar-refractivity contribution in [1.82, 2.24) is 24.7 Å². The first-order chi connectivity index (χ1) is 14.7. The van der Waals surface area contributed by atoms with Crippen molar-refractivity contribution in [3.63, 3.8) is 0 Å². The molecule has 0 amide bonds. The molecule has 1 fully saturated rings. The van der Waals surface area contributed by atoms with E-state index in [-0.39, 0.29) is 17.5 Å². The van der Waals surface area contributed by atoms with Gasteiger partial charge in [0, 0.05) is 19.8 Å². The van der Waals surface area contributed by atoms with Crippen LogP contribution in [-0.2, 0) is 22.8 Å². The molecule has 0 unspecified atom stereocenters. The van der Waals surface area contributed by atoms with Crippen LogP contribution in [0.3, 0.4) is 0 Å². The van der Waals surface area contributed by atoms with Crippen molar-refractivity contribution in [3.05, 3.63) is 30.3 Å². The molecule has 4 N–H and O–H groups in total. The molecule has 1 aliphatic rings. The van der Waals surface area contributed by atoms with Crippen LogP contribution in [0.5, 0.6) is 0 Å². The van der Waals surface area contributed by atoms with Gasteiger partial charge in [-0.25, -0.2) is 4.98 Å². The molecule has 166 valence electrons. The highest BCUT2D eigenvalue weighted by Gasteiger charge is 2.33. The number of H-pyrrole nitrogens is 1. The van der Waals surface area contributed by atoms with E-state index in [1.165, 1.54) is 6.07 Å². The Balaban J connectivity index is 1.69. The molecule has 3 aromatic rings. The number of hydrogen-bond acceptors (Lipinski definition) is 10. The highest BCUT2D eigenvalue weighted by atomic mass is 33.2. The largest absolute Gasteiger partial charge is 0.377 e. The number of pyridine rings is 1. The molecule has 1 saturated heterocycles. The Morgan fingerprint density at radius 3 is 2.48 bits per heavy atom. The Morgan fingerprint density at radius 1 is 1.06 bits per heavy atom. The highest BCUT2D eigenvalue weighted by molar-refractivity contribution is 8.66. The number of hydrogen-bond donors (Lipinski definition) is 4. The normalized spacial score (nSPS) is 15.1. The van der Waals surface area contributed by atoms with E-state index in [9.17, 15) is 16.8 Å². The average molecular weight is 469 g/mol. The molecule has 0 radical (unpaired) electrons. The average Bonchev–Trinajstić information content (AvgIpc) is 3.14. The third-order valence-electron chi connectivity index (χ3n) is 4.42. The molecule has 0 atom stereocenters. The van der Waals surface area contributed by atoms with E-state index in [4.69, 9.17) is 4.74 Å². The number of aromatic amines is 1. The maximum absolute atomic E-state index is 12.5. The Bertz CT molecular complexity index is 1320. The number of nitrogens with one attached hydrogen (secondary N) is 4. The standard InChI is InChI=1S/C16H20N8O5S2/c1-24(2)31(27,28)30(25,26)22-13-5-6-15(17-11-8-29-9-11)19-16(13)18-10-3-4-12-14(7-10)21-23-20-12/h3-7,11,22H,8-9H2,1-2H3,(H2,17,18,19)(H,20,21,23). The Hall–Kier alpha value is -3.01. The molecule has 3 heterocycles. The first-order valence-electron chi connectivity index (χ1n) is 9.04. The molecule has 1 aliphatic heterocycles. The SMILES string of the molecule is CN(C)S(=O)(=O)S(=O)(=O)Nc1ccc(NC2COC2)nc1Nc1ccc2n[nH]nc2c1. The number of rotatable bonds is 8. The van der Waals surface area contributed by atoms with E-state index >= 15 is 0 Å². The second-order valence-corrected chi connectivity index (χ2v) is 12.2. The second-order valence-electron chi connectivity index (χ2n) is 6.92. The van der Waals surface area contributed by atoms with Crippen LogP contribution in [0.2, 0.25) is 0 Å². The van der Waals surface area contributed by atoms with Crippen molar-refractivity contribution in [3.8, 4) is 0 Å². The number of benzene rings is 1. The van der Waals surface area contributed by atoms with Gasteiger partial charge in [-0.3, -0.25) is 4.72 Å². The number of anilines is 4. The molecule has 0 aliphatic carbocycles. The Kier molecular flexibility index (Phi) is 5.42. The fraction of sp³-hybridized carbons (Fsp3) is 0.312. The van der Waals surface area contributed by atoms with Gasteiger partial charge in [0.2, 0.25) is 0 Å². The molecule has 0 bridgehead atoms. The zero-order valence-electron chi connectivity index (χ0n) is 16.5. The van der Waals surface area contributed by atoms with Crippen molar-refractivity contribution in [2.45, 2.75) is 6.04 Å². The predicted octanol–water partition coefficient (Wildman–Crippen LogP) is 0.455. The first kappa shape index (κ1) is 21.2. The predicted molar refractivity (Wildman–Crippen MR) is 115 cm³/mol. The van der Waals surface area contributed by atoms with Crippen molar-refractivity contribution >= 4 is 52.2 Å². The molecule has 0 saturated carbocycles. The second kappa shape index (κ2) is 7.92. The minimum Gasteiger partial charge on any atom is -0.377 e. The van der Waals surface area contributed by atoms with Crippen LogP contribution in [0.15, 0.2) is 30.3 Å². The van der Waals surface area contributed by atoms with E-state index in [0.29, 0.717) is 40.1 Å². The van der Waals surface area contributed by atoms with Gasteiger partial charge in [-0.15, -0.1) is 0 Å². The van der Waals surface area contributed by atoms with E-state index < -0.39 is 18.1 Å². The van der Waals surface area contributed by atoms with Gasteiger partial charge in [0.25, 0.3) is 0 Å². The summed E-state index contributed by atoms with van der Waals surface area (Å²) in [4.78, 5) is 4.41. The topological polar surface area (TPSA) is 171 Å². The van der Waals surface area contributed by atoms with Gasteiger partial charge in [-0.2, -0.15) is 36.6 Å². The van der Waals surface area contributed by atoms with Gasteiger partial charge in [0.05, 0.1) is 24.9 Å². The molecule has 1 aromatic carbocycles. The number of fused-ring (bicyclic) bond motifs is 1. The van der Waals surface area contributed by atoms with Crippen molar-refractivity contribution in [2.24, 2.45) is 0 Å². The first-order valence-corrected chi connectivity index (χ1v) is 12.5. The summed E-state index contributed by atoms with van der Waals surface area (Å²) in [6, 6.07) is 8.17. The van der Waals surface area contributed by atoms with E-state index in [0.717, 1.165) is 14.1 Å². The van der Waals surface area contributed by atoms with Gasteiger partial charge in [0.15, 0.2) is 5.82 Å². The summed E-state index contributed by atoms with van der Waals surface area (Å²) >= 11 is 0. The van der Waals surface area contributed by atoms with E-state index in [1.54, 1.807) is 24.3 Å². The molecular formula is C16H20N8O5S2. The van der Waals surface area contributed by atoms with Gasteiger partial charge in [-0.1, -0.05) is 0 Å². The van der Waals surface area contributed by atoms with Crippen LogP contribution in [0.25, 0.3) is 11.0 Å². The van der Waals surface area contributed by atoms with Crippen LogP contribution in [0.1, 0.15) is 0 Å². The third-order valence-corrected chi connectivity index (χ3v) is 9.15. The molecule has 0 spiro atoms. The highest BCUT2D eigenvalue weighted by Crippen LogP contribution is 2.29. The molecule has 13 nitrogen and oxygen atoms in total. The summed E-state index contributed by atoms with van der Waals surface area (Å²) < 4.78 is 57.2. The quantitative estimate of drug-likeness (QED) is 0.340. The Labute approximate surface area is 177 Å². The summed E-state index contributed by atoms with van der Waals surface area (Å²) in [5.41, 5.74) is 1.75. The fourth-order valence-corrected chi connectivity index (χ4v) is 5.38. The van der Waals surface area contributed by atoms with Crippen molar-refractivity contribution in [2.75, 3.05) is 42.7 Å². The number of ether oxygens (including phenoxy) is 1. The van der Waals surface area contributed by atoms with Crippen LogP contribution in [0, 0.1) is 0 Å². The van der Waals surface area contributed by atoms with E-state index in [1.807, 2.05) is 0 Å². The number of nitrogens with zero attached hydrogens (tertiary/aromatic N) is 4. The summed E-state index contributed by atoms with van der Waals surface area (Å²) in [5.74, 6) is 0.572. The zero-order valence-corrected chi connectivity index (χ0v) is 18.2. The number of aromatic nitrogens is 4. The summed E-state index contributed by atoms with van der Waals surface area (Å²) in [6.07, 6.45) is 0. The minimum atomic E-state index is -4.78. The smallest absolute Gasteiger partial charge is 0.353 e. The van der Waals surface area contributed by atoms with Gasteiger partial charge in [-0.05, 0) is 30.3 Å². The molecule has 2 aromatic heterocycles.